The van der Waals surface area contributed by atoms with Crippen LogP contribution in [0.15, 0.2) is 71.6 Å². The lowest BCUT2D eigenvalue weighted by Crippen LogP contribution is -2.41. The van der Waals surface area contributed by atoms with Crippen molar-refractivity contribution < 1.29 is 27.5 Å². The maximum atomic E-state index is 13.0. The number of rotatable bonds is 5. The van der Waals surface area contributed by atoms with Crippen LogP contribution in [0.25, 0.3) is 0 Å². The first-order valence-corrected chi connectivity index (χ1v) is 13.0. The molecule has 1 fully saturated rings. The van der Waals surface area contributed by atoms with Gasteiger partial charge in [0.05, 0.1) is 12.0 Å². The fourth-order valence-corrected chi connectivity index (χ4v) is 6.15. The van der Waals surface area contributed by atoms with E-state index in [-0.39, 0.29) is 46.9 Å². The SMILES string of the molecule is COc1ccc(S(=O)(=O)N2CCC(C(=O)Nc3ccc4c(c3)C(=O)c3ccccc3C4=O)CC2)cc1. The highest BCUT2D eigenvalue weighted by atomic mass is 32.2. The van der Waals surface area contributed by atoms with E-state index >= 15 is 0 Å². The number of nitrogens with one attached hydrogen (secondary N) is 1. The summed E-state index contributed by atoms with van der Waals surface area (Å²) in [6.07, 6.45) is 0.744. The minimum atomic E-state index is -3.66. The van der Waals surface area contributed by atoms with Crippen molar-refractivity contribution in [1.29, 1.82) is 0 Å². The highest BCUT2D eigenvalue weighted by Gasteiger charge is 2.33. The predicted molar refractivity (Wildman–Crippen MR) is 133 cm³/mol. The van der Waals surface area contributed by atoms with Gasteiger partial charge in [0, 0.05) is 46.9 Å². The number of carbonyl (C=O) groups is 3. The fraction of sp³-hybridized carbons (Fsp3) is 0.222. The van der Waals surface area contributed by atoms with Crippen LogP contribution in [0.4, 0.5) is 5.69 Å². The second kappa shape index (κ2) is 9.33. The molecule has 184 valence electrons. The van der Waals surface area contributed by atoms with E-state index in [4.69, 9.17) is 4.74 Å². The summed E-state index contributed by atoms with van der Waals surface area (Å²) in [5.74, 6) is -0.522. The largest absolute Gasteiger partial charge is 0.497 e. The lowest BCUT2D eigenvalue weighted by atomic mass is 9.84. The number of benzene rings is 3. The minimum Gasteiger partial charge on any atom is -0.497 e. The van der Waals surface area contributed by atoms with Crippen molar-refractivity contribution in [3.63, 3.8) is 0 Å². The summed E-state index contributed by atoms with van der Waals surface area (Å²) in [5, 5.41) is 2.83. The molecule has 0 bridgehead atoms. The third-order valence-electron chi connectivity index (χ3n) is 6.71. The van der Waals surface area contributed by atoms with Crippen LogP contribution >= 0.6 is 0 Å². The molecule has 2 aliphatic rings. The molecule has 0 aromatic heterocycles. The van der Waals surface area contributed by atoms with Gasteiger partial charge in [-0.25, -0.2) is 8.42 Å². The Bertz CT molecular complexity index is 1470. The lowest BCUT2D eigenvalue weighted by molar-refractivity contribution is -0.120. The summed E-state index contributed by atoms with van der Waals surface area (Å²) in [7, 11) is -2.15. The maximum absolute atomic E-state index is 13.0. The standard InChI is InChI=1S/C27H24N2O6S/c1-35-19-7-9-20(10-8-19)36(33,34)29-14-12-17(13-15-29)27(32)28-18-6-11-23-24(16-18)26(31)22-5-3-2-4-21(22)25(23)30/h2-11,16-17H,12-15H2,1H3,(H,28,32). The topological polar surface area (TPSA) is 110 Å². The number of ketones is 2. The number of hydrogen-bond acceptors (Lipinski definition) is 6. The number of fused-ring (bicyclic) bond motifs is 2. The summed E-state index contributed by atoms with van der Waals surface area (Å²) >= 11 is 0. The molecule has 1 aliphatic heterocycles. The molecule has 3 aromatic carbocycles. The zero-order chi connectivity index (χ0) is 25.4. The summed E-state index contributed by atoms with van der Waals surface area (Å²) in [6.45, 7) is 0.445. The number of ether oxygens (including phenoxy) is 1. The molecule has 1 aliphatic carbocycles. The van der Waals surface area contributed by atoms with Crippen molar-refractivity contribution in [2.75, 3.05) is 25.5 Å². The maximum Gasteiger partial charge on any atom is 0.243 e. The zero-order valence-corrected chi connectivity index (χ0v) is 20.4. The number of sulfonamides is 1. The summed E-state index contributed by atoms with van der Waals surface area (Å²) < 4.78 is 32.4. The number of carbonyl (C=O) groups excluding carboxylic acids is 3. The van der Waals surface area contributed by atoms with Gasteiger partial charge in [0.2, 0.25) is 15.9 Å². The van der Waals surface area contributed by atoms with Gasteiger partial charge in [0.25, 0.3) is 0 Å². The molecule has 0 unspecified atom stereocenters. The molecular weight excluding hydrogens is 480 g/mol. The van der Waals surface area contributed by atoms with E-state index in [1.54, 1.807) is 48.5 Å². The van der Waals surface area contributed by atoms with Crippen LogP contribution in [0.1, 0.15) is 44.7 Å². The van der Waals surface area contributed by atoms with Crippen LogP contribution in [-0.4, -0.2) is 50.4 Å². The molecule has 1 saturated heterocycles. The Kier molecular flexibility index (Phi) is 6.19. The molecule has 36 heavy (non-hydrogen) atoms. The van der Waals surface area contributed by atoms with Crippen LogP contribution < -0.4 is 10.1 Å². The second-order valence-electron chi connectivity index (χ2n) is 8.81. The molecule has 0 radical (unpaired) electrons. The van der Waals surface area contributed by atoms with Gasteiger partial charge >= 0.3 is 0 Å². The average molecular weight is 505 g/mol. The Morgan fingerprint density at radius 3 is 2.06 bits per heavy atom. The number of piperidine rings is 1. The quantitative estimate of drug-likeness (QED) is 0.445. The Morgan fingerprint density at radius 1 is 0.861 bits per heavy atom. The normalized spacial score (nSPS) is 16.2. The number of methoxy groups -OCH3 is 1. The number of nitrogens with zero attached hydrogens (tertiary/aromatic N) is 1. The van der Waals surface area contributed by atoms with Gasteiger partial charge in [-0.15, -0.1) is 0 Å². The number of amides is 1. The molecule has 0 spiro atoms. The van der Waals surface area contributed by atoms with Gasteiger partial charge in [-0.1, -0.05) is 24.3 Å². The van der Waals surface area contributed by atoms with Crippen molar-refractivity contribution in [2.45, 2.75) is 17.7 Å². The first-order chi connectivity index (χ1) is 17.3. The van der Waals surface area contributed by atoms with Crippen LogP contribution in [0.5, 0.6) is 5.75 Å². The molecule has 0 saturated carbocycles. The second-order valence-corrected chi connectivity index (χ2v) is 10.7. The van der Waals surface area contributed by atoms with E-state index < -0.39 is 10.0 Å². The molecular formula is C27H24N2O6S. The summed E-state index contributed by atoms with van der Waals surface area (Å²) in [6, 6.07) is 17.6. The molecule has 3 aromatic rings. The van der Waals surface area contributed by atoms with E-state index in [9.17, 15) is 22.8 Å². The Hall–Kier alpha value is -3.82. The smallest absolute Gasteiger partial charge is 0.243 e. The van der Waals surface area contributed by atoms with E-state index in [0.717, 1.165) is 0 Å². The molecule has 1 N–H and O–H groups in total. The van der Waals surface area contributed by atoms with Gasteiger partial charge in [0.15, 0.2) is 11.6 Å². The Balaban J connectivity index is 1.25. The van der Waals surface area contributed by atoms with Gasteiger partial charge in [-0.05, 0) is 55.3 Å². The van der Waals surface area contributed by atoms with Crippen LogP contribution in [0, 0.1) is 5.92 Å². The lowest BCUT2D eigenvalue weighted by Gasteiger charge is -2.30. The Morgan fingerprint density at radius 2 is 1.44 bits per heavy atom. The zero-order valence-electron chi connectivity index (χ0n) is 19.6. The molecule has 8 nitrogen and oxygen atoms in total. The van der Waals surface area contributed by atoms with Crippen LogP contribution in [0.3, 0.4) is 0 Å². The van der Waals surface area contributed by atoms with E-state index in [1.807, 2.05) is 0 Å². The summed E-state index contributed by atoms with van der Waals surface area (Å²) in [4.78, 5) is 38.8. The molecule has 1 amide bonds. The average Bonchev–Trinajstić information content (AvgIpc) is 2.91. The third-order valence-corrected chi connectivity index (χ3v) is 8.63. The first kappa shape index (κ1) is 23.9. The van der Waals surface area contributed by atoms with Crippen molar-refractivity contribution in [1.82, 2.24) is 4.31 Å². The molecule has 5 rings (SSSR count). The number of hydrogen-bond donors (Lipinski definition) is 1. The third kappa shape index (κ3) is 4.20. The van der Waals surface area contributed by atoms with Crippen LogP contribution in [0.2, 0.25) is 0 Å². The van der Waals surface area contributed by atoms with E-state index in [1.165, 1.54) is 29.6 Å². The van der Waals surface area contributed by atoms with Crippen molar-refractivity contribution in [2.24, 2.45) is 5.92 Å². The Labute approximate surface area is 208 Å². The monoisotopic (exact) mass is 504 g/mol. The van der Waals surface area contributed by atoms with Gasteiger partial charge in [0.1, 0.15) is 5.75 Å². The van der Waals surface area contributed by atoms with Gasteiger partial charge in [-0.3, -0.25) is 14.4 Å². The van der Waals surface area contributed by atoms with Crippen LogP contribution in [-0.2, 0) is 14.8 Å². The molecule has 1 heterocycles. The minimum absolute atomic E-state index is 0.182. The fourth-order valence-electron chi connectivity index (χ4n) is 4.68. The van der Waals surface area contributed by atoms with Gasteiger partial charge < -0.3 is 10.1 Å². The molecule has 0 atom stereocenters. The van der Waals surface area contributed by atoms with Crippen molar-refractivity contribution in [3.05, 3.63) is 89.0 Å². The highest BCUT2D eigenvalue weighted by molar-refractivity contribution is 7.89. The summed E-state index contributed by atoms with van der Waals surface area (Å²) in [5.41, 5.74) is 1.73. The van der Waals surface area contributed by atoms with Crippen molar-refractivity contribution in [3.8, 4) is 5.75 Å². The van der Waals surface area contributed by atoms with E-state index in [2.05, 4.69) is 5.32 Å². The van der Waals surface area contributed by atoms with Crippen molar-refractivity contribution >= 4 is 33.2 Å². The van der Waals surface area contributed by atoms with Gasteiger partial charge in [-0.2, -0.15) is 4.31 Å². The van der Waals surface area contributed by atoms with E-state index in [0.29, 0.717) is 41.0 Å². The first-order valence-electron chi connectivity index (χ1n) is 11.6. The highest BCUT2D eigenvalue weighted by Crippen LogP contribution is 2.30. The number of anilines is 1. The predicted octanol–water partition coefficient (Wildman–Crippen LogP) is 3.51. The molecule has 9 heteroatoms.